The lowest BCUT2D eigenvalue weighted by Crippen LogP contribution is -2.43. The number of amides is 2. The number of anilines is 1. The van der Waals surface area contributed by atoms with Gasteiger partial charge in [-0.25, -0.2) is 4.79 Å². The highest BCUT2D eigenvalue weighted by atomic mass is 32.2. The molecule has 1 aliphatic rings. The third-order valence-electron chi connectivity index (χ3n) is 3.17. The minimum Gasteiger partial charge on any atom is -0.323 e. The number of hydrogen-bond acceptors (Lipinski definition) is 4. The van der Waals surface area contributed by atoms with E-state index < -0.39 is 4.92 Å². The van der Waals surface area contributed by atoms with Gasteiger partial charge in [-0.2, -0.15) is 11.8 Å². The van der Waals surface area contributed by atoms with Crippen LogP contribution in [-0.2, 0) is 0 Å². The molecule has 108 valence electrons. The summed E-state index contributed by atoms with van der Waals surface area (Å²) < 4.78 is 0. The Morgan fingerprint density at radius 1 is 1.55 bits per heavy atom. The highest BCUT2D eigenvalue weighted by molar-refractivity contribution is 7.99. The van der Waals surface area contributed by atoms with Crippen LogP contribution in [0.25, 0.3) is 0 Å². The van der Waals surface area contributed by atoms with Gasteiger partial charge in [0.2, 0.25) is 0 Å². The molecule has 7 heteroatoms. The molecule has 2 amide bonds. The van der Waals surface area contributed by atoms with Gasteiger partial charge in [-0.1, -0.05) is 6.92 Å². The van der Waals surface area contributed by atoms with Gasteiger partial charge in [0.05, 0.1) is 4.92 Å². The molecule has 1 atom stereocenters. The summed E-state index contributed by atoms with van der Waals surface area (Å²) in [6, 6.07) is 4.45. The summed E-state index contributed by atoms with van der Waals surface area (Å²) >= 11 is 1.86. The van der Waals surface area contributed by atoms with Crippen LogP contribution in [-0.4, -0.2) is 39.9 Å². The van der Waals surface area contributed by atoms with Crippen molar-refractivity contribution in [3.8, 4) is 0 Å². The second kappa shape index (κ2) is 6.13. The lowest BCUT2D eigenvalue weighted by Gasteiger charge is -2.30. The molecule has 1 aromatic carbocycles. The van der Waals surface area contributed by atoms with E-state index in [1.807, 2.05) is 11.8 Å². The quantitative estimate of drug-likeness (QED) is 0.672. The van der Waals surface area contributed by atoms with Gasteiger partial charge >= 0.3 is 6.03 Å². The van der Waals surface area contributed by atoms with E-state index in [1.165, 1.54) is 6.07 Å². The summed E-state index contributed by atoms with van der Waals surface area (Å²) in [4.78, 5) is 24.2. The Labute approximate surface area is 121 Å². The van der Waals surface area contributed by atoms with E-state index >= 15 is 0 Å². The van der Waals surface area contributed by atoms with Crippen molar-refractivity contribution in [3.05, 3.63) is 33.9 Å². The molecule has 20 heavy (non-hydrogen) atoms. The van der Waals surface area contributed by atoms with Crippen LogP contribution in [0.2, 0.25) is 0 Å². The summed E-state index contributed by atoms with van der Waals surface area (Å²) in [6.07, 6.45) is 0. The third kappa shape index (κ3) is 3.41. The Hall–Kier alpha value is -1.76. The number of urea groups is 1. The standard InChI is InChI=1S/C13H17N3O3S/c1-9-7-11(3-4-12(9)16(18)19)14-13(17)15-5-6-20-10(2)8-15/h3-4,7,10H,5-6,8H2,1-2H3,(H,14,17)/t10-/m1/s1. The maximum atomic E-state index is 12.1. The Morgan fingerprint density at radius 2 is 2.30 bits per heavy atom. The normalized spacial score (nSPS) is 18.7. The van der Waals surface area contributed by atoms with Crippen molar-refractivity contribution in [2.75, 3.05) is 24.2 Å². The van der Waals surface area contributed by atoms with Crippen molar-refractivity contribution in [2.24, 2.45) is 0 Å². The number of nitrogens with zero attached hydrogens (tertiary/aromatic N) is 2. The van der Waals surface area contributed by atoms with E-state index in [1.54, 1.807) is 24.0 Å². The van der Waals surface area contributed by atoms with Gasteiger partial charge in [0.15, 0.2) is 0 Å². The molecular weight excluding hydrogens is 278 g/mol. The number of hydrogen-bond donors (Lipinski definition) is 1. The smallest absolute Gasteiger partial charge is 0.321 e. The lowest BCUT2D eigenvalue weighted by molar-refractivity contribution is -0.385. The number of carbonyl (C=O) groups is 1. The number of rotatable bonds is 2. The first-order valence-electron chi connectivity index (χ1n) is 6.40. The molecule has 0 saturated carbocycles. The summed E-state index contributed by atoms with van der Waals surface area (Å²) in [5.74, 6) is 0.938. The molecule has 1 aromatic rings. The summed E-state index contributed by atoms with van der Waals surface area (Å²) in [7, 11) is 0. The Balaban J connectivity index is 2.04. The van der Waals surface area contributed by atoms with E-state index in [-0.39, 0.29) is 11.7 Å². The third-order valence-corrected chi connectivity index (χ3v) is 4.31. The summed E-state index contributed by atoms with van der Waals surface area (Å²) in [5.41, 5.74) is 1.19. The first-order valence-corrected chi connectivity index (χ1v) is 7.45. The summed E-state index contributed by atoms with van der Waals surface area (Å²) in [6.45, 7) is 5.21. The van der Waals surface area contributed by atoms with E-state index in [2.05, 4.69) is 12.2 Å². The van der Waals surface area contributed by atoms with Crippen LogP contribution < -0.4 is 5.32 Å². The average molecular weight is 295 g/mol. The number of aryl methyl sites for hydroxylation is 1. The van der Waals surface area contributed by atoms with Crippen molar-refractivity contribution in [2.45, 2.75) is 19.1 Å². The Morgan fingerprint density at radius 3 is 2.90 bits per heavy atom. The maximum Gasteiger partial charge on any atom is 0.321 e. The molecule has 0 spiro atoms. The number of nitro groups is 1. The maximum absolute atomic E-state index is 12.1. The number of nitro benzene ring substituents is 1. The summed E-state index contributed by atoms with van der Waals surface area (Å²) in [5, 5.41) is 14.0. The molecule has 0 radical (unpaired) electrons. The predicted octanol–water partition coefficient (Wildman–Crippen LogP) is 2.87. The fraction of sp³-hybridized carbons (Fsp3) is 0.462. The van der Waals surface area contributed by atoms with Crippen LogP contribution in [0.4, 0.5) is 16.2 Å². The van der Waals surface area contributed by atoms with E-state index in [9.17, 15) is 14.9 Å². The molecule has 0 bridgehead atoms. The second-order valence-corrected chi connectivity index (χ2v) is 6.36. The molecule has 1 aliphatic heterocycles. The minimum absolute atomic E-state index is 0.0611. The van der Waals surface area contributed by atoms with Crippen molar-refractivity contribution >= 4 is 29.2 Å². The molecule has 1 saturated heterocycles. The molecule has 0 aliphatic carbocycles. The van der Waals surface area contributed by atoms with Crippen LogP contribution in [0.15, 0.2) is 18.2 Å². The molecule has 0 unspecified atom stereocenters. The van der Waals surface area contributed by atoms with E-state index in [4.69, 9.17) is 0 Å². The number of nitrogens with one attached hydrogen (secondary N) is 1. The largest absolute Gasteiger partial charge is 0.323 e. The molecule has 6 nitrogen and oxygen atoms in total. The van der Waals surface area contributed by atoms with Gasteiger partial charge in [-0.3, -0.25) is 10.1 Å². The van der Waals surface area contributed by atoms with Crippen molar-refractivity contribution in [3.63, 3.8) is 0 Å². The van der Waals surface area contributed by atoms with Crippen LogP contribution in [0.5, 0.6) is 0 Å². The van der Waals surface area contributed by atoms with E-state index in [0.29, 0.717) is 16.5 Å². The van der Waals surface area contributed by atoms with Gasteiger partial charge in [0.1, 0.15) is 0 Å². The average Bonchev–Trinajstić information content (AvgIpc) is 2.38. The van der Waals surface area contributed by atoms with Crippen LogP contribution in [0.3, 0.4) is 0 Å². The zero-order valence-electron chi connectivity index (χ0n) is 11.5. The fourth-order valence-corrected chi connectivity index (χ4v) is 3.16. The topological polar surface area (TPSA) is 75.5 Å². The Bertz CT molecular complexity index is 536. The lowest BCUT2D eigenvalue weighted by atomic mass is 10.2. The predicted molar refractivity (Wildman–Crippen MR) is 80.3 cm³/mol. The van der Waals surface area contributed by atoms with Gasteiger partial charge in [-0.05, 0) is 19.1 Å². The van der Waals surface area contributed by atoms with Gasteiger partial charge in [0.25, 0.3) is 5.69 Å². The molecule has 2 rings (SSSR count). The SMILES string of the molecule is Cc1cc(NC(=O)N2CCS[C@H](C)C2)ccc1[N+](=O)[O-]. The zero-order valence-corrected chi connectivity index (χ0v) is 12.3. The first kappa shape index (κ1) is 14.6. The molecule has 1 N–H and O–H groups in total. The Kier molecular flexibility index (Phi) is 4.49. The van der Waals surface area contributed by atoms with Crippen molar-refractivity contribution < 1.29 is 9.72 Å². The fourth-order valence-electron chi connectivity index (χ4n) is 2.14. The molecule has 1 fully saturated rings. The second-order valence-electron chi connectivity index (χ2n) is 4.82. The highest BCUT2D eigenvalue weighted by Crippen LogP contribution is 2.23. The van der Waals surface area contributed by atoms with Gasteiger partial charge in [-0.15, -0.1) is 0 Å². The zero-order chi connectivity index (χ0) is 14.7. The van der Waals surface area contributed by atoms with Gasteiger partial charge in [0, 0.05) is 41.4 Å². The number of carbonyl (C=O) groups excluding carboxylic acids is 1. The minimum atomic E-state index is -0.426. The van der Waals surface area contributed by atoms with Crippen LogP contribution in [0.1, 0.15) is 12.5 Å². The molecule has 1 heterocycles. The number of benzene rings is 1. The van der Waals surface area contributed by atoms with Gasteiger partial charge < -0.3 is 10.2 Å². The van der Waals surface area contributed by atoms with Crippen LogP contribution in [0, 0.1) is 17.0 Å². The van der Waals surface area contributed by atoms with Crippen molar-refractivity contribution in [1.82, 2.24) is 4.90 Å². The van der Waals surface area contributed by atoms with Crippen LogP contribution >= 0.6 is 11.8 Å². The number of thioether (sulfide) groups is 1. The van der Waals surface area contributed by atoms with E-state index in [0.717, 1.165) is 18.8 Å². The monoisotopic (exact) mass is 295 g/mol. The molecule has 0 aromatic heterocycles. The molecular formula is C13H17N3O3S. The van der Waals surface area contributed by atoms with Crippen molar-refractivity contribution in [1.29, 1.82) is 0 Å². The highest BCUT2D eigenvalue weighted by Gasteiger charge is 2.21. The first-order chi connectivity index (χ1) is 9.47.